The van der Waals surface area contributed by atoms with Gasteiger partial charge in [-0.2, -0.15) is 0 Å². The average molecular weight is 309 g/mol. The molecule has 6 nitrogen and oxygen atoms in total. The van der Waals surface area contributed by atoms with Gasteiger partial charge in [0.1, 0.15) is 28.6 Å². The van der Waals surface area contributed by atoms with Crippen LogP contribution >= 0.6 is 0 Å². The van der Waals surface area contributed by atoms with Crippen LogP contribution in [-0.2, 0) is 4.79 Å². The molecule has 0 spiro atoms. The molecule has 6 heteroatoms. The Labute approximate surface area is 133 Å². The van der Waals surface area contributed by atoms with E-state index in [1.54, 1.807) is 57.0 Å². The van der Waals surface area contributed by atoms with Crippen molar-refractivity contribution < 1.29 is 14.3 Å². The molecule has 2 aromatic rings. The number of amides is 1. The number of carbonyl (C=O) groups excluding carboxylic acids is 1. The maximum Gasteiger partial charge on any atom is 0.275 e. The molecule has 116 valence electrons. The van der Waals surface area contributed by atoms with Crippen molar-refractivity contribution in [3.05, 3.63) is 59.5 Å². The predicted molar refractivity (Wildman–Crippen MR) is 86.4 cm³/mol. The Morgan fingerprint density at radius 1 is 1.04 bits per heavy atom. The number of methoxy groups -OCH3 is 2. The molecule has 0 radical (unpaired) electrons. The maximum absolute atomic E-state index is 12.2. The summed E-state index contributed by atoms with van der Waals surface area (Å²) in [4.78, 5) is 20.5. The molecule has 1 aromatic carbocycles. The number of nitrogens with one attached hydrogen (secondary N) is 1. The van der Waals surface area contributed by atoms with Gasteiger partial charge in [0.05, 0.1) is 14.2 Å². The van der Waals surface area contributed by atoms with Gasteiger partial charge in [0.2, 0.25) is 0 Å². The minimum Gasteiger partial charge on any atom is -0.496 e. The molecule has 3 rings (SSSR count). The standard InChI is InChI=1S/C17H15N3O3/c1-22-13-4-3-5-14(23-2)15(13)16-19-12(17(21)20-16)10-11-6-8-18-9-7-11/h3-10H,1-2H3,(H,19,20,21)/b12-10+. The van der Waals surface area contributed by atoms with E-state index < -0.39 is 0 Å². The normalized spacial score (nSPS) is 15.3. The summed E-state index contributed by atoms with van der Waals surface area (Å²) in [6.07, 6.45) is 5.02. The number of amidine groups is 1. The van der Waals surface area contributed by atoms with Crippen LogP contribution in [0, 0.1) is 0 Å². The van der Waals surface area contributed by atoms with Gasteiger partial charge in [-0.25, -0.2) is 4.99 Å². The summed E-state index contributed by atoms with van der Waals surface area (Å²) >= 11 is 0. The molecular weight excluding hydrogens is 294 g/mol. The van der Waals surface area contributed by atoms with Gasteiger partial charge < -0.3 is 14.8 Å². The first-order chi connectivity index (χ1) is 11.2. The van der Waals surface area contributed by atoms with Crippen LogP contribution in [0.5, 0.6) is 11.5 Å². The van der Waals surface area contributed by atoms with E-state index in [4.69, 9.17) is 9.47 Å². The molecule has 0 aliphatic carbocycles. The lowest BCUT2D eigenvalue weighted by atomic mass is 10.1. The van der Waals surface area contributed by atoms with E-state index in [1.807, 2.05) is 6.07 Å². The molecular formula is C17H15N3O3. The van der Waals surface area contributed by atoms with Crippen molar-refractivity contribution in [3.8, 4) is 11.5 Å². The van der Waals surface area contributed by atoms with E-state index in [-0.39, 0.29) is 5.91 Å². The predicted octanol–water partition coefficient (Wildman–Crippen LogP) is 2.02. The first-order valence-electron chi connectivity index (χ1n) is 6.96. The lowest BCUT2D eigenvalue weighted by Gasteiger charge is -2.12. The van der Waals surface area contributed by atoms with Crippen LogP contribution in [0.3, 0.4) is 0 Å². The first-order valence-corrected chi connectivity index (χ1v) is 6.96. The Balaban J connectivity index is 2.04. The first kappa shape index (κ1) is 14.8. The van der Waals surface area contributed by atoms with E-state index in [2.05, 4.69) is 15.3 Å². The van der Waals surface area contributed by atoms with E-state index >= 15 is 0 Å². The van der Waals surface area contributed by atoms with Crippen LogP contribution in [0.4, 0.5) is 0 Å². The van der Waals surface area contributed by atoms with E-state index in [0.29, 0.717) is 28.6 Å². The van der Waals surface area contributed by atoms with Gasteiger partial charge in [0, 0.05) is 12.4 Å². The zero-order chi connectivity index (χ0) is 16.2. The molecule has 0 saturated carbocycles. The van der Waals surface area contributed by atoms with Crippen LogP contribution in [0.1, 0.15) is 11.1 Å². The summed E-state index contributed by atoms with van der Waals surface area (Å²) < 4.78 is 10.7. The molecule has 2 heterocycles. The molecule has 23 heavy (non-hydrogen) atoms. The second kappa shape index (κ2) is 6.31. The van der Waals surface area contributed by atoms with Gasteiger partial charge in [-0.1, -0.05) is 6.07 Å². The second-order valence-electron chi connectivity index (χ2n) is 4.76. The van der Waals surface area contributed by atoms with Gasteiger partial charge in [0.15, 0.2) is 0 Å². The third-order valence-corrected chi connectivity index (χ3v) is 3.37. The molecule has 0 fully saturated rings. The van der Waals surface area contributed by atoms with Crippen molar-refractivity contribution in [3.63, 3.8) is 0 Å². The van der Waals surface area contributed by atoms with E-state index in [9.17, 15) is 4.79 Å². The van der Waals surface area contributed by atoms with Crippen LogP contribution in [0.25, 0.3) is 6.08 Å². The Morgan fingerprint density at radius 3 is 2.30 bits per heavy atom. The summed E-state index contributed by atoms with van der Waals surface area (Å²) in [7, 11) is 3.12. The van der Waals surface area contributed by atoms with Crippen LogP contribution in [0.2, 0.25) is 0 Å². The average Bonchev–Trinajstić information content (AvgIpc) is 2.95. The Morgan fingerprint density at radius 2 is 1.70 bits per heavy atom. The van der Waals surface area contributed by atoms with E-state index in [1.165, 1.54) is 0 Å². The molecule has 0 saturated heterocycles. The van der Waals surface area contributed by atoms with Crippen LogP contribution < -0.4 is 14.8 Å². The highest BCUT2D eigenvalue weighted by atomic mass is 16.5. The van der Waals surface area contributed by atoms with Gasteiger partial charge in [-0.05, 0) is 35.9 Å². The highest BCUT2D eigenvalue weighted by Crippen LogP contribution is 2.30. The molecule has 1 aromatic heterocycles. The zero-order valence-corrected chi connectivity index (χ0v) is 12.7. The Bertz CT molecular complexity index is 776. The third kappa shape index (κ3) is 2.91. The molecule has 1 N–H and O–H groups in total. The van der Waals surface area contributed by atoms with Gasteiger partial charge in [0.25, 0.3) is 5.91 Å². The van der Waals surface area contributed by atoms with Crippen molar-refractivity contribution in [2.45, 2.75) is 0 Å². The van der Waals surface area contributed by atoms with Crippen molar-refractivity contribution in [2.24, 2.45) is 4.99 Å². The quantitative estimate of drug-likeness (QED) is 0.877. The number of rotatable bonds is 4. The van der Waals surface area contributed by atoms with Crippen molar-refractivity contribution in [1.29, 1.82) is 0 Å². The van der Waals surface area contributed by atoms with Gasteiger partial charge in [-0.15, -0.1) is 0 Å². The minimum absolute atomic E-state index is 0.273. The number of hydrogen-bond donors (Lipinski definition) is 1. The number of nitrogens with zero attached hydrogens (tertiary/aromatic N) is 2. The number of aromatic nitrogens is 1. The highest BCUT2D eigenvalue weighted by Gasteiger charge is 2.26. The SMILES string of the molecule is COc1cccc(OC)c1C1=N/C(=C/c2ccncc2)C(=O)N1. The van der Waals surface area contributed by atoms with Crippen molar-refractivity contribution in [2.75, 3.05) is 14.2 Å². The fraction of sp³-hybridized carbons (Fsp3) is 0.118. The number of pyridine rings is 1. The minimum atomic E-state index is -0.273. The summed E-state index contributed by atoms with van der Waals surface area (Å²) in [5.41, 5.74) is 1.78. The fourth-order valence-electron chi connectivity index (χ4n) is 2.29. The molecule has 1 aliphatic heterocycles. The molecule has 0 atom stereocenters. The smallest absolute Gasteiger partial charge is 0.275 e. The zero-order valence-electron chi connectivity index (χ0n) is 12.7. The molecule has 0 bridgehead atoms. The van der Waals surface area contributed by atoms with Crippen molar-refractivity contribution >= 4 is 17.8 Å². The number of hydrogen-bond acceptors (Lipinski definition) is 5. The summed E-state index contributed by atoms with van der Waals surface area (Å²) in [6, 6.07) is 9.00. The molecule has 1 amide bonds. The number of benzene rings is 1. The topological polar surface area (TPSA) is 72.8 Å². The molecule has 1 aliphatic rings. The van der Waals surface area contributed by atoms with Gasteiger partial charge in [-0.3, -0.25) is 9.78 Å². The number of carbonyl (C=O) groups is 1. The largest absolute Gasteiger partial charge is 0.496 e. The maximum atomic E-state index is 12.2. The molecule has 0 unspecified atom stereocenters. The van der Waals surface area contributed by atoms with Crippen LogP contribution in [-0.4, -0.2) is 30.9 Å². The Hall–Kier alpha value is -3.15. The van der Waals surface area contributed by atoms with Crippen molar-refractivity contribution in [1.82, 2.24) is 10.3 Å². The van der Waals surface area contributed by atoms with Crippen LogP contribution in [0.15, 0.2) is 53.4 Å². The third-order valence-electron chi connectivity index (χ3n) is 3.37. The summed E-state index contributed by atoms with van der Waals surface area (Å²) in [5, 5.41) is 2.76. The number of aliphatic imine (C=N–C) groups is 1. The monoisotopic (exact) mass is 309 g/mol. The summed E-state index contributed by atoms with van der Waals surface area (Å²) in [6.45, 7) is 0. The van der Waals surface area contributed by atoms with Gasteiger partial charge >= 0.3 is 0 Å². The Kier molecular flexibility index (Phi) is 4.05. The second-order valence-corrected chi connectivity index (χ2v) is 4.76. The lowest BCUT2D eigenvalue weighted by Crippen LogP contribution is -2.25. The summed E-state index contributed by atoms with van der Waals surface area (Å²) in [5.74, 6) is 1.29. The van der Waals surface area contributed by atoms with E-state index in [0.717, 1.165) is 5.56 Å². The lowest BCUT2D eigenvalue weighted by molar-refractivity contribution is -0.115. The highest BCUT2D eigenvalue weighted by molar-refractivity contribution is 6.21. The number of ether oxygens (including phenoxy) is 2. The fourth-order valence-corrected chi connectivity index (χ4v) is 2.29.